The fraction of sp³-hybridized carbons (Fsp3) is 0.800. The number of ether oxygens (including phenoxy) is 1. The highest BCUT2D eigenvalue weighted by atomic mass is 19.3. The van der Waals surface area contributed by atoms with Crippen molar-refractivity contribution in [3.63, 3.8) is 0 Å². The summed E-state index contributed by atoms with van der Waals surface area (Å²) in [6.07, 6.45) is 1.00. The molecular weight excluding hydrogens is 292 g/mol. The first-order valence-corrected chi connectivity index (χ1v) is 7.92. The second-order valence-electron chi connectivity index (χ2n) is 6.21. The van der Waals surface area contributed by atoms with E-state index in [1.54, 1.807) is 6.20 Å². The maximum absolute atomic E-state index is 13.2. The van der Waals surface area contributed by atoms with E-state index >= 15 is 0 Å². The molecule has 0 bridgehead atoms. The third kappa shape index (κ3) is 3.02. The molecule has 0 radical (unpaired) electrons. The first-order chi connectivity index (χ1) is 10.6. The van der Waals surface area contributed by atoms with E-state index in [1.165, 1.54) is 0 Å². The molecule has 2 aliphatic heterocycles. The Kier molecular flexibility index (Phi) is 4.47. The summed E-state index contributed by atoms with van der Waals surface area (Å²) in [5.74, 6) is 0.965. The Morgan fingerprint density at radius 2 is 2.05 bits per heavy atom. The maximum atomic E-state index is 13.2. The third-order valence-electron chi connectivity index (χ3n) is 4.56. The Hall–Kier alpha value is -1.05. The van der Waals surface area contributed by atoms with Gasteiger partial charge in [0.15, 0.2) is 5.60 Å². The van der Waals surface area contributed by atoms with Crippen LogP contribution in [0.2, 0.25) is 0 Å². The van der Waals surface area contributed by atoms with Crippen LogP contribution in [-0.4, -0.2) is 43.2 Å². The molecule has 1 spiro atoms. The predicted octanol–water partition coefficient (Wildman–Crippen LogP) is 1.83. The molecule has 0 amide bonds. The Morgan fingerprint density at radius 1 is 1.27 bits per heavy atom. The summed E-state index contributed by atoms with van der Waals surface area (Å²) < 4.78 is 38.4. The zero-order valence-electron chi connectivity index (χ0n) is 12.8. The SMILES string of the molecule is CCc1cnc(C2(CC(F)F)CNCC3(CCNCC3)O2)o1. The van der Waals surface area contributed by atoms with Gasteiger partial charge in [0.25, 0.3) is 0 Å². The van der Waals surface area contributed by atoms with Crippen molar-refractivity contribution < 1.29 is 17.9 Å². The lowest BCUT2D eigenvalue weighted by molar-refractivity contribution is -0.217. The van der Waals surface area contributed by atoms with Crippen LogP contribution in [0.4, 0.5) is 8.78 Å². The van der Waals surface area contributed by atoms with Gasteiger partial charge in [0.1, 0.15) is 5.76 Å². The summed E-state index contributed by atoms with van der Waals surface area (Å²) in [7, 11) is 0. The number of alkyl halides is 2. The predicted molar refractivity (Wildman–Crippen MR) is 77.0 cm³/mol. The van der Waals surface area contributed by atoms with Crippen LogP contribution in [0.25, 0.3) is 0 Å². The van der Waals surface area contributed by atoms with E-state index in [-0.39, 0.29) is 5.89 Å². The number of aromatic nitrogens is 1. The molecule has 1 aromatic rings. The molecule has 0 saturated carbocycles. The molecule has 1 aromatic heterocycles. The van der Waals surface area contributed by atoms with Crippen molar-refractivity contribution in [1.82, 2.24) is 15.6 Å². The second-order valence-corrected chi connectivity index (χ2v) is 6.21. The van der Waals surface area contributed by atoms with Gasteiger partial charge in [-0.2, -0.15) is 0 Å². The van der Waals surface area contributed by atoms with Gasteiger partial charge >= 0.3 is 0 Å². The molecule has 2 N–H and O–H groups in total. The number of nitrogens with zero attached hydrogens (tertiary/aromatic N) is 1. The monoisotopic (exact) mass is 315 g/mol. The molecule has 0 aliphatic carbocycles. The standard InChI is InChI=1S/C15H23F2N3O2/c1-2-11-8-20-13(21-11)15(7-12(16)17)10-19-9-14(22-15)3-5-18-6-4-14/h8,12,18-19H,2-7,9-10H2,1H3. The molecule has 0 aromatic carbocycles. The number of hydrogen-bond donors (Lipinski definition) is 2. The topological polar surface area (TPSA) is 59.3 Å². The van der Waals surface area contributed by atoms with E-state index < -0.39 is 24.0 Å². The highest BCUT2D eigenvalue weighted by molar-refractivity contribution is 5.09. The minimum absolute atomic E-state index is 0.273. The number of morpholine rings is 1. The van der Waals surface area contributed by atoms with Gasteiger partial charge in [0, 0.05) is 25.9 Å². The van der Waals surface area contributed by atoms with Gasteiger partial charge < -0.3 is 19.8 Å². The summed E-state index contributed by atoms with van der Waals surface area (Å²) in [5.41, 5.74) is -1.60. The fourth-order valence-electron chi connectivity index (χ4n) is 3.39. The number of halogens is 2. The lowest BCUT2D eigenvalue weighted by Crippen LogP contribution is -2.62. The number of oxazole rings is 1. The van der Waals surface area contributed by atoms with Gasteiger partial charge in [-0.25, -0.2) is 13.8 Å². The molecule has 1 unspecified atom stereocenters. The van der Waals surface area contributed by atoms with Gasteiger partial charge in [-0.1, -0.05) is 6.92 Å². The van der Waals surface area contributed by atoms with Crippen molar-refractivity contribution in [3.05, 3.63) is 17.8 Å². The molecule has 2 aliphatic rings. The summed E-state index contributed by atoms with van der Waals surface area (Å²) >= 11 is 0. The first kappa shape index (κ1) is 15.8. The van der Waals surface area contributed by atoms with Crippen LogP contribution in [0.3, 0.4) is 0 Å². The van der Waals surface area contributed by atoms with E-state index in [0.717, 1.165) is 25.9 Å². The third-order valence-corrected chi connectivity index (χ3v) is 4.56. The number of nitrogens with one attached hydrogen (secondary N) is 2. The van der Waals surface area contributed by atoms with Crippen LogP contribution in [0, 0.1) is 0 Å². The van der Waals surface area contributed by atoms with Crippen LogP contribution in [0.1, 0.15) is 37.8 Å². The van der Waals surface area contributed by atoms with E-state index in [0.29, 0.717) is 25.3 Å². The molecular formula is C15H23F2N3O2. The molecule has 124 valence electrons. The van der Waals surface area contributed by atoms with E-state index in [2.05, 4.69) is 15.6 Å². The van der Waals surface area contributed by atoms with Crippen molar-refractivity contribution in [1.29, 1.82) is 0 Å². The number of piperidine rings is 1. The van der Waals surface area contributed by atoms with Crippen LogP contribution in [-0.2, 0) is 16.8 Å². The summed E-state index contributed by atoms with van der Waals surface area (Å²) in [4.78, 5) is 4.23. The van der Waals surface area contributed by atoms with Gasteiger partial charge in [-0.15, -0.1) is 0 Å². The largest absolute Gasteiger partial charge is 0.443 e. The van der Waals surface area contributed by atoms with Crippen LogP contribution < -0.4 is 10.6 Å². The van der Waals surface area contributed by atoms with Gasteiger partial charge in [-0.3, -0.25) is 0 Å². The Balaban J connectivity index is 1.91. The Bertz CT molecular complexity index is 497. The summed E-state index contributed by atoms with van der Waals surface area (Å²) in [5, 5.41) is 6.56. The molecule has 22 heavy (non-hydrogen) atoms. The highest BCUT2D eigenvalue weighted by Gasteiger charge is 2.51. The number of aryl methyl sites for hydroxylation is 1. The molecule has 5 nitrogen and oxygen atoms in total. The molecule has 7 heteroatoms. The van der Waals surface area contributed by atoms with E-state index in [4.69, 9.17) is 9.15 Å². The van der Waals surface area contributed by atoms with Crippen molar-refractivity contribution >= 4 is 0 Å². The van der Waals surface area contributed by atoms with Crippen molar-refractivity contribution in [2.45, 2.75) is 50.2 Å². The minimum atomic E-state index is -2.48. The normalized spacial score (nSPS) is 28.4. The fourth-order valence-corrected chi connectivity index (χ4v) is 3.39. The first-order valence-electron chi connectivity index (χ1n) is 7.92. The minimum Gasteiger partial charge on any atom is -0.443 e. The van der Waals surface area contributed by atoms with Crippen molar-refractivity contribution in [2.24, 2.45) is 0 Å². The lowest BCUT2D eigenvalue weighted by Gasteiger charge is -2.49. The number of hydrogen-bond acceptors (Lipinski definition) is 5. The van der Waals surface area contributed by atoms with Crippen LogP contribution in [0.5, 0.6) is 0 Å². The average molecular weight is 315 g/mol. The zero-order valence-corrected chi connectivity index (χ0v) is 12.8. The van der Waals surface area contributed by atoms with E-state index in [1.807, 2.05) is 6.92 Å². The van der Waals surface area contributed by atoms with Crippen molar-refractivity contribution in [2.75, 3.05) is 26.2 Å². The maximum Gasteiger partial charge on any atom is 0.242 e. The highest BCUT2D eigenvalue weighted by Crippen LogP contribution is 2.41. The number of rotatable bonds is 4. The quantitative estimate of drug-likeness (QED) is 0.888. The second kappa shape index (κ2) is 6.22. The molecule has 3 heterocycles. The lowest BCUT2D eigenvalue weighted by atomic mass is 9.86. The average Bonchev–Trinajstić information content (AvgIpc) is 2.97. The zero-order chi connectivity index (χ0) is 15.6. The molecule has 2 fully saturated rings. The molecule has 2 saturated heterocycles. The van der Waals surface area contributed by atoms with Gasteiger partial charge in [0.05, 0.1) is 11.8 Å². The van der Waals surface area contributed by atoms with Crippen LogP contribution >= 0.6 is 0 Å². The van der Waals surface area contributed by atoms with Crippen LogP contribution in [0.15, 0.2) is 10.6 Å². The van der Waals surface area contributed by atoms with Crippen molar-refractivity contribution in [3.8, 4) is 0 Å². The summed E-state index contributed by atoms with van der Waals surface area (Å²) in [6.45, 7) is 4.59. The van der Waals surface area contributed by atoms with E-state index in [9.17, 15) is 8.78 Å². The summed E-state index contributed by atoms with van der Waals surface area (Å²) in [6, 6.07) is 0. The van der Waals surface area contributed by atoms with Gasteiger partial charge in [0.2, 0.25) is 12.3 Å². The molecule has 1 atom stereocenters. The van der Waals surface area contributed by atoms with Gasteiger partial charge in [-0.05, 0) is 25.9 Å². The Morgan fingerprint density at radius 3 is 2.68 bits per heavy atom. The molecule has 3 rings (SSSR count). The Labute approximate surface area is 128 Å². The smallest absolute Gasteiger partial charge is 0.242 e.